The van der Waals surface area contributed by atoms with Crippen molar-refractivity contribution in [2.75, 3.05) is 11.9 Å². The zero-order chi connectivity index (χ0) is 25.0. The van der Waals surface area contributed by atoms with Crippen LogP contribution in [-0.2, 0) is 16.4 Å². The molecule has 0 aliphatic carbocycles. The van der Waals surface area contributed by atoms with Crippen molar-refractivity contribution in [3.05, 3.63) is 109 Å². The molecule has 0 saturated heterocycles. The van der Waals surface area contributed by atoms with Gasteiger partial charge in [0, 0.05) is 18.3 Å². The molecule has 0 unspecified atom stereocenters. The van der Waals surface area contributed by atoms with Gasteiger partial charge >= 0.3 is 0 Å². The lowest BCUT2D eigenvalue weighted by atomic mass is 10.1. The van der Waals surface area contributed by atoms with Crippen molar-refractivity contribution in [1.82, 2.24) is 24.4 Å². The summed E-state index contributed by atoms with van der Waals surface area (Å²) < 4.78 is 41.4. The molecule has 1 N–H and O–H groups in total. The summed E-state index contributed by atoms with van der Waals surface area (Å²) in [7, 11) is -4.09. The van der Waals surface area contributed by atoms with Crippen molar-refractivity contribution in [1.29, 1.82) is 0 Å². The van der Waals surface area contributed by atoms with Crippen LogP contribution in [0.4, 0.5) is 10.3 Å². The Balaban J connectivity index is 1.55. The second-order valence-corrected chi connectivity index (χ2v) is 9.65. The number of benzene rings is 3. The maximum Gasteiger partial charge on any atom is 0.284 e. The van der Waals surface area contributed by atoms with Crippen molar-refractivity contribution in [2.24, 2.45) is 0 Å². The van der Waals surface area contributed by atoms with Crippen molar-refractivity contribution >= 4 is 16.0 Å². The van der Waals surface area contributed by atoms with Crippen LogP contribution in [0.15, 0.2) is 102 Å². The third-order valence-electron chi connectivity index (χ3n) is 5.47. The summed E-state index contributed by atoms with van der Waals surface area (Å²) in [6.07, 6.45) is 2.30. The van der Waals surface area contributed by atoms with Gasteiger partial charge in [-0.15, -0.1) is 9.19 Å². The SMILES string of the molecule is O=S(=O)(c1ccccc1)n1nnc(-c2ccc(F)cc2)c1-c1ccnc(NCCc2ccccc2)n1. The Bertz CT molecular complexity index is 1570. The van der Waals surface area contributed by atoms with E-state index in [0.717, 1.165) is 16.1 Å². The fourth-order valence-electron chi connectivity index (χ4n) is 3.69. The fraction of sp³-hybridized carbons (Fsp3) is 0.0769. The number of rotatable bonds is 8. The highest BCUT2D eigenvalue weighted by molar-refractivity contribution is 7.90. The molecular weight excluding hydrogens is 479 g/mol. The molecule has 36 heavy (non-hydrogen) atoms. The second kappa shape index (κ2) is 10.0. The first-order valence-electron chi connectivity index (χ1n) is 11.2. The Hall–Kier alpha value is -4.44. The molecular formula is C26H21FN6O2S. The minimum atomic E-state index is -4.09. The maximum absolute atomic E-state index is 13.6. The summed E-state index contributed by atoms with van der Waals surface area (Å²) in [5.74, 6) is -0.0881. The lowest BCUT2D eigenvalue weighted by Crippen LogP contribution is -2.16. The van der Waals surface area contributed by atoms with E-state index in [2.05, 4.69) is 25.6 Å². The van der Waals surface area contributed by atoms with E-state index in [9.17, 15) is 12.8 Å². The molecule has 0 atom stereocenters. The van der Waals surface area contributed by atoms with E-state index in [-0.39, 0.29) is 16.3 Å². The van der Waals surface area contributed by atoms with Crippen LogP contribution >= 0.6 is 0 Å². The molecule has 0 fully saturated rings. The second-order valence-electron chi connectivity index (χ2n) is 7.88. The molecule has 5 aromatic rings. The molecule has 2 heterocycles. The van der Waals surface area contributed by atoms with Gasteiger partial charge < -0.3 is 5.32 Å². The van der Waals surface area contributed by atoms with E-state index in [0.29, 0.717) is 23.8 Å². The van der Waals surface area contributed by atoms with Gasteiger partial charge in [0.1, 0.15) is 17.2 Å². The predicted molar refractivity (Wildman–Crippen MR) is 134 cm³/mol. The van der Waals surface area contributed by atoms with Crippen LogP contribution in [0.2, 0.25) is 0 Å². The average Bonchev–Trinajstić information content (AvgIpc) is 3.37. The fourth-order valence-corrected chi connectivity index (χ4v) is 4.94. The number of hydrogen-bond donors (Lipinski definition) is 1. The molecule has 180 valence electrons. The van der Waals surface area contributed by atoms with Crippen LogP contribution in [0.3, 0.4) is 0 Å². The van der Waals surface area contributed by atoms with Gasteiger partial charge in [-0.1, -0.05) is 53.7 Å². The quantitative estimate of drug-likeness (QED) is 0.336. The van der Waals surface area contributed by atoms with Gasteiger partial charge in [0.25, 0.3) is 10.0 Å². The van der Waals surface area contributed by atoms with Crippen molar-refractivity contribution in [2.45, 2.75) is 11.3 Å². The topological polar surface area (TPSA) is 103 Å². The summed E-state index contributed by atoms with van der Waals surface area (Å²) in [6, 6.07) is 25.1. The van der Waals surface area contributed by atoms with Gasteiger partial charge in [-0.2, -0.15) is 8.42 Å². The monoisotopic (exact) mass is 500 g/mol. The normalized spacial score (nSPS) is 11.4. The van der Waals surface area contributed by atoms with Gasteiger partial charge in [-0.3, -0.25) is 0 Å². The molecule has 0 aliphatic heterocycles. The Morgan fingerprint density at radius 2 is 1.56 bits per heavy atom. The number of nitrogens with zero attached hydrogens (tertiary/aromatic N) is 5. The van der Waals surface area contributed by atoms with E-state index < -0.39 is 15.8 Å². The molecule has 0 aliphatic rings. The molecule has 0 spiro atoms. The molecule has 0 bridgehead atoms. The van der Waals surface area contributed by atoms with Gasteiger partial charge in [0.05, 0.1) is 10.6 Å². The Labute approximate surface area is 207 Å². The van der Waals surface area contributed by atoms with E-state index in [4.69, 9.17) is 0 Å². The summed E-state index contributed by atoms with van der Waals surface area (Å²) in [6.45, 7) is 0.581. The summed E-state index contributed by atoms with van der Waals surface area (Å²) >= 11 is 0. The molecule has 3 aromatic carbocycles. The van der Waals surface area contributed by atoms with Crippen molar-refractivity contribution < 1.29 is 12.8 Å². The van der Waals surface area contributed by atoms with Crippen LogP contribution in [0.1, 0.15) is 5.56 Å². The molecule has 2 aromatic heterocycles. The number of halogens is 1. The predicted octanol–water partition coefficient (Wildman–Crippen LogP) is 4.43. The van der Waals surface area contributed by atoms with Crippen LogP contribution < -0.4 is 5.32 Å². The first-order valence-corrected chi connectivity index (χ1v) is 12.6. The molecule has 5 rings (SSSR count). The zero-order valence-corrected chi connectivity index (χ0v) is 19.8. The van der Waals surface area contributed by atoms with E-state index in [1.54, 1.807) is 24.3 Å². The standard InChI is InChI=1S/C26H21FN6O2S/c27-21-13-11-20(12-14-21)24-25(33(32-31-24)36(34,35)22-9-5-2-6-10-22)23-16-18-29-26(30-23)28-17-15-19-7-3-1-4-8-19/h1-14,16,18H,15,17H2,(H,28,29,30). The highest BCUT2D eigenvalue weighted by atomic mass is 32.2. The average molecular weight is 501 g/mol. The highest BCUT2D eigenvalue weighted by Gasteiger charge is 2.27. The van der Waals surface area contributed by atoms with Gasteiger partial charge in [0.15, 0.2) is 0 Å². The van der Waals surface area contributed by atoms with Crippen molar-refractivity contribution in [3.8, 4) is 22.6 Å². The Morgan fingerprint density at radius 1 is 0.861 bits per heavy atom. The van der Waals surface area contributed by atoms with Gasteiger partial charge in [-0.05, 0) is 54.4 Å². The van der Waals surface area contributed by atoms with Crippen LogP contribution in [0.5, 0.6) is 0 Å². The summed E-state index contributed by atoms with van der Waals surface area (Å²) in [5, 5.41) is 11.3. The van der Waals surface area contributed by atoms with E-state index >= 15 is 0 Å². The molecule has 8 nitrogen and oxygen atoms in total. The third kappa shape index (κ3) is 4.84. The number of aromatic nitrogens is 5. The molecule has 10 heteroatoms. The van der Waals surface area contributed by atoms with Crippen molar-refractivity contribution in [3.63, 3.8) is 0 Å². The van der Waals surface area contributed by atoms with Gasteiger partial charge in [-0.25, -0.2) is 14.4 Å². The Kier molecular flexibility index (Phi) is 6.50. The Morgan fingerprint density at radius 3 is 2.28 bits per heavy atom. The first-order chi connectivity index (χ1) is 17.5. The maximum atomic E-state index is 13.6. The van der Waals surface area contributed by atoms with Crippen LogP contribution in [-0.4, -0.2) is 39.3 Å². The summed E-state index contributed by atoms with van der Waals surface area (Å²) in [4.78, 5) is 8.88. The number of nitrogens with one attached hydrogen (secondary N) is 1. The minimum absolute atomic E-state index is 0.0528. The lowest BCUT2D eigenvalue weighted by Gasteiger charge is -2.10. The van der Waals surface area contributed by atoms with E-state index in [1.807, 2.05) is 30.3 Å². The minimum Gasteiger partial charge on any atom is -0.354 e. The van der Waals surface area contributed by atoms with Gasteiger partial charge in [0.2, 0.25) is 5.95 Å². The first kappa shape index (κ1) is 23.3. The summed E-state index contributed by atoms with van der Waals surface area (Å²) in [5.41, 5.74) is 2.37. The lowest BCUT2D eigenvalue weighted by molar-refractivity contribution is 0.578. The highest BCUT2D eigenvalue weighted by Crippen LogP contribution is 2.32. The third-order valence-corrected chi connectivity index (χ3v) is 7.04. The molecule has 0 radical (unpaired) electrons. The zero-order valence-electron chi connectivity index (χ0n) is 19.0. The smallest absolute Gasteiger partial charge is 0.284 e. The molecule has 0 amide bonds. The van der Waals surface area contributed by atoms with Crippen LogP contribution in [0, 0.1) is 5.82 Å². The van der Waals surface area contributed by atoms with E-state index in [1.165, 1.54) is 42.6 Å². The number of hydrogen-bond acceptors (Lipinski definition) is 7. The van der Waals surface area contributed by atoms with Crippen LogP contribution in [0.25, 0.3) is 22.6 Å². The number of anilines is 1. The largest absolute Gasteiger partial charge is 0.354 e. The molecule has 0 saturated carbocycles.